The van der Waals surface area contributed by atoms with E-state index in [1.807, 2.05) is 24.3 Å². The van der Waals surface area contributed by atoms with E-state index in [-0.39, 0.29) is 23.1 Å². The van der Waals surface area contributed by atoms with Gasteiger partial charge in [-0.1, -0.05) is 47.3 Å². The van der Waals surface area contributed by atoms with Crippen molar-refractivity contribution < 1.29 is 9.66 Å². The van der Waals surface area contributed by atoms with Crippen LogP contribution in [-0.4, -0.2) is 23.1 Å². The fourth-order valence-electron chi connectivity index (χ4n) is 3.00. The van der Waals surface area contributed by atoms with Gasteiger partial charge in [0, 0.05) is 32.6 Å². The van der Waals surface area contributed by atoms with E-state index in [0.717, 1.165) is 16.5 Å². The van der Waals surface area contributed by atoms with Crippen LogP contribution in [0.25, 0.3) is 10.9 Å². The van der Waals surface area contributed by atoms with Crippen LogP contribution in [-0.2, 0) is 0 Å². The molecule has 1 atom stereocenters. The van der Waals surface area contributed by atoms with E-state index < -0.39 is 5.92 Å². The zero-order valence-corrected chi connectivity index (χ0v) is 15.1. The number of aromatic nitrogens is 1. The third-order valence-corrected chi connectivity index (χ3v) is 4.54. The first-order chi connectivity index (χ1) is 12.5. The highest BCUT2D eigenvalue weighted by Gasteiger charge is 2.28. The predicted octanol–water partition coefficient (Wildman–Crippen LogP) is 4.90. The summed E-state index contributed by atoms with van der Waals surface area (Å²) in [6, 6.07) is 10.7. The molecule has 0 aliphatic heterocycles. The van der Waals surface area contributed by atoms with Crippen molar-refractivity contribution in [1.29, 1.82) is 0 Å². The number of ether oxygens (including phenoxy) is 1. The van der Waals surface area contributed by atoms with Crippen molar-refractivity contribution in [3.05, 3.63) is 73.9 Å². The van der Waals surface area contributed by atoms with Crippen LogP contribution in [0.15, 0.2) is 42.6 Å². The van der Waals surface area contributed by atoms with Crippen LogP contribution in [0.1, 0.15) is 17.0 Å². The Morgan fingerprint density at radius 2 is 2.04 bits per heavy atom. The van der Waals surface area contributed by atoms with Crippen molar-refractivity contribution in [3.63, 3.8) is 0 Å². The van der Waals surface area contributed by atoms with Crippen LogP contribution in [0, 0.1) is 22.5 Å². The number of aromatic amines is 1. The molecule has 0 saturated carbocycles. The van der Waals surface area contributed by atoms with Crippen molar-refractivity contribution in [3.8, 4) is 18.1 Å². The summed E-state index contributed by atoms with van der Waals surface area (Å²) in [5.74, 6) is 2.08. The van der Waals surface area contributed by atoms with Gasteiger partial charge >= 0.3 is 0 Å². The summed E-state index contributed by atoms with van der Waals surface area (Å²) in [5.41, 5.74) is 2.18. The molecular formula is C19H14Cl2N2O3. The number of H-pyrrole nitrogens is 1. The zero-order valence-electron chi connectivity index (χ0n) is 13.5. The highest BCUT2D eigenvalue weighted by atomic mass is 35.5. The second kappa shape index (κ2) is 7.69. The number of terminal acetylenes is 1. The molecule has 1 N–H and O–H groups in total. The number of benzene rings is 2. The van der Waals surface area contributed by atoms with Crippen molar-refractivity contribution >= 4 is 34.1 Å². The molecule has 0 fully saturated rings. The van der Waals surface area contributed by atoms with Crippen molar-refractivity contribution in [2.24, 2.45) is 0 Å². The lowest BCUT2D eigenvalue weighted by molar-refractivity contribution is -0.481. The van der Waals surface area contributed by atoms with Gasteiger partial charge in [0.05, 0.1) is 10.9 Å². The largest absolute Gasteiger partial charge is 0.479 e. The molecule has 26 heavy (non-hydrogen) atoms. The summed E-state index contributed by atoms with van der Waals surface area (Å²) in [7, 11) is 0. The summed E-state index contributed by atoms with van der Waals surface area (Å²) in [4.78, 5) is 14.1. The van der Waals surface area contributed by atoms with Gasteiger partial charge in [-0.15, -0.1) is 6.42 Å². The molecule has 3 aromatic rings. The van der Waals surface area contributed by atoms with Gasteiger partial charge in [-0.05, 0) is 23.8 Å². The molecule has 0 amide bonds. The van der Waals surface area contributed by atoms with E-state index in [1.165, 1.54) is 6.07 Å². The number of nitrogens with zero attached hydrogens (tertiary/aromatic N) is 1. The topological polar surface area (TPSA) is 68.2 Å². The third-order valence-electron chi connectivity index (χ3n) is 4.04. The molecule has 2 aromatic carbocycles. The number of nitrogens with one attached hydrogen (secondary N) is 1. The Bertz CT molecular complexity index is 1010. The van der Waals surface area contributed by atoms with Crippen LogP contribution >= 0.6 is 23.2 Å². The lowest BCUT2D eigenvalue weighted by atomic mass is 9.90. The summed E-state index contributed by atoms with van der Waals surface area (Å²) >= 11 is 12.4. The lowest BCUT2D eigenvalue weighted by Gasteiger charge is -2.18. The average molecular weight is 389 g/mol. The van der Waals surface area contributed by atoms with Crippen LogP contribution in [0.5, 0.6) is 5.75 Å². The first-order valence-electron chi connectivity index (χ1n) is 7.74. The SMILES string of the molecule is C#CCOc1c(Cl)cc(Cl)cc1[C@@H](C[N+](=O)[O-])c1c[nH]c2ccccc12. The van der Waals surface area contributed by atoms with Crippen LogP contribution < -0.4 is 4.74 Å². The lowest BCUT2D eigenvalue weighted by Crippen LogP contribution is -2.15. The maximum absolute atomic E-state index is 11.4. The molecule has 1 aromatic heterocycles. The Labute approximate surface area is 160 Å². The monoisotopic (exact) mass is 388 g/mol. The van der Waals surface area contributed by atoms with E-state index in [0.29, 0.717) is 16.3 Å². The minimum absolute atomic E-state index is 0.00653. The minimum Gasteiger partial charge on any atom is -0.479 e. The molecule has 0 spiro atoms. The second-order valence-electron chi connectivity index (χ2n) is 5.66. The molecule has 0 radical (unpaired) electrons. The molecule has 0 bridgehead atoms. The van der Waals surface area contributed by atoms with Crippen LogP contribution in [0.2, 0.25) is 10.0 Å². The summed E-state index contributed by atoms with van der Waals surface area (Å²) in [6.45, 7) is -0.349. The summed E-state index contributed by atoms with van der Waals surface area (Å²) in [6.07, 6.45) is 7.04. The molecular weight excluding hydrogens is 375 g/mol. The maximum atomic E-state index is 11.4. The van der Waals surface area contributed by atoms with Gasteiger partial charge in [-0.3, -0.25) is 10.1 Å². The maximum Gasteiger partial charge on any atom is 0.214 e. The Morgan fingerprint density at radius 3 is 2.77 bits per heavy atom. The molecule has 0 unspecified atom stereocenters. The van der Waals surface area contributed by atoms with Crippen molar-refractivity contribution in [2.75, 3.05) is 13.2 Å². The number of fused-ring (bicyclic) bond motifs is 1. The van der Waals surface area contributed by atoms with Gasteiger partial charge in [-0.2, -0.15) is 0 Å². The van der Waals surface area contributed by atoms with Crippen molar-refractivity contribution in [1.82, 2.24) is 4.98 Å². The summed E-state index contributed by atoms with van der Waals surface area (Å²) < 4.78 is 5.59. The second-order valence-corrected chi connectivity index (χ2v) is 6.50. The van der Waals surface area contributed by atoms with E-state index in [1.54, 1.807) is 12.3 Å². The minimum atomic E-state index is -0.606. The molecule has 1 heterocycles. The first kappa shape index (κ1) is 18.1. The predicted molar refractivity (Wildman–Crippen MR) is 103 cm³/mol. The molecule has 132 valence electrons. The van der Waals surface area contributed by atoms with E-state index in [4.69, 9.17) is 34.4 Å². The number of nitro groups is 1. The van der Waals surface area contributed by atoms with Gasteiger partial charge in [0.1, 0.15) is 12.4 Å². The molecule has 0 saturated heterocycles. The number of hydrogen-bond donors (Lipinski definition) is 1. The van der Waals surface area contributed by atoms with E-state index in [2.05, 4.69) is 10.9 Å². The van der Waals surface area contributed by atoms with Crippen LogP contribution in [0.4, 0.5) is 0 Å². The highest BCUT2D eigenvalue weighted by molar-refractivity contribution is 6.35. The standard InChI is InChI=1S/C19H14Cl2N2O3/c1-2-7-26-19-14(8-12(20)9-17(19)21)16(11-23(24)25)15-10-22-18-6-4-3-5-13(15)18/h1,3-6,8-10,16,22H,7,11H2/t16-/m1/s1. The Balaban J connectivity index is 2.20. The normalized spacial score (nSPS) is 11.9. The van der Waals surface area contributed by atoms with E-state index in [9.17, 15) is 10.1 Å². The highest BCUT2D eigenvalue weighted by Crippen LogP contribution is 2.41. The van der Waals surface area contributed by atoms with Gasteiger partial charge in [0.15, 0.2) is 0 Å². The van der Waals surface area contributed by atoms with Gasteiger partial charge < -0.3 is 9.72 Å². The van der Waals surface area contributed by atoms with E-state index >= 15 is 0 Å². The number of hydrogen-bond acceptors (Lipinski definition) is 3. The summed E-state index contributed by atoms with van der Waals surface area (Å²) in [5, 5.41) is 12.9. The average Bonchev–Trinajstić information content (AvgIpc) is 3.02. The fraction of sp³-hybridized carbons (Fsp3) is 0.158. The Morgan fingerprint density at radius 1 is 1.27 bits per heavy atom. The van der Waals surface area contributed by atoms with Gasteiger partial charge in [-0.25, -0.2) is 0 Å². The van der Waals surface area contributed by atoms with Crippen molar-refractivity contribution in [2.45, 2.75) is 5.92 Å². The van der Waals surface area contributed by atoms with Gasteiger partial charge in [0.2, 0.25) is 6.54 Å². The molecule has 0 aliphatic carbocycles. The van der Waals surface area contributed by atoms with Crippen LogP contribution in [0.3, 0.4) is 0 Å². The molecule has 7 heteroatoms. The number of para-hydroxylation sites is 1. The Hall–Kier alpha value is -2.68. The Kier molecular flexibility index (Phi) is 5.36. The third kappa shape index (κ3) is 3.62. The zero-order chi connectivity index (χ0) is 18.7. The quantitative estimate of drug-likeness (QED) is 0.371. The molecule has 0 aliphatic rings. The number of halogens is 2. The number of rotatable bonds is 6. The smallest absolute Gasteiger partial charge is 0.214 e. The van der Waals surface area contributed by atoms with Gasteiger partial charge in [0.25, 0.3) is 0 Å². The molecule has 5 nitrogen and oxygen atoms in total. The first-order valence-corrected chi connectivity index (χ1v) is 8.50. The molecule has 3 rings (SSSR count). The fourth-order valence-corrected chi connectivity index (χ4v) is 3.56.